The highest BCUT2D eigenvalue weighted by atomic mass is 19.4. The number of ether oxygens (including phenoxy) is 2. The van der Waals surface area contributed by atoms with Gasteiger partial charge in [0.15, 0.2) is 0 Å². The van der Waals surface area contributed by atoms with Crippen LogP contribution in [0.3, 0.4) is 0 Å². The van der Waals surface area contributed by atoms with E-state index in [0.717, 1.165) is 17.7 Å². The molecule has 3 aromatic rings. The number of hydrogen-bond donors (Lipinski definition) is 2. The first kappa shape index (κ1) is 31.6. The van der Waals surface area contributed by atoms with Crippen LogP contribution >= 0.6 is 0 Å². The van der Waals surface area contributed by atoms with Gasteiger partial charge in [-0.15, -0.1) is 0 Å². The zero-order chi connectivity index (χ0) is 31.0. The summed E-state index contributed by atoms with van der Waals surface area (Å²) in [6, 6.07) is 18.8. The molecular formula is C32H34F3N3O5. The second-order valence-corrected chi connectivity index (χ2v) is 10.2. The molecule has 1 saturated heterocycles. The molecule has 3 atom stereocenters. The van der Waals surface area contributed by atoms with E-state index >= 15 is 0 Å². The Bertz CT molecular complexity index is 1380. The summed E-state index contributed by atoms with van der Waals surface area (Å²) < 4.78 is 49.6. The molecule has 1 fully saturated rings. The van der Waals surface area contributed by atoms with Gasteiger partial charge in [-0.25, -0.2) is 4.79 Å². The van der Waals surface area contributed by atoms with Gasteiger partial charge in [0.2, 0.25) is 17.9 Å². The predicted octanol–water partition coefficient (Wildman–Crippen LogP) is 4.57. The molecule has 228 valence electrons. The molecule has 0 bridgehead atoms. The molecule has 4 rings (SSSR count). The van der Waals surface area contributed by atoms with Gasteiger partial charge < -0.3 is 25.4 Å². The fraction of sp³-hybridized carbons (Fsp3) is 0.344. The summed E-state index contributed by atoms with van der Waals surface area (Å²) in [5.74, 6) is -0.792. The van der Waals surface area contributed by atoms with Gasteiger partial charge in [-0.3, -0.25) is 9.59 Å². The number of nitrogens with two attached hydrogens (primary N) is 1. The van der Waals surface area contributed by atoms with E-state index in [1.165, 1.54) is 17.0 Å². The van der Waals surface area contributed by atoms with Crippen LogP contribution in [0.1, 0.15) is 48.1 Å². The van der Waals surface area contributed by atoms with Crippen LogP contribution in [0, 0.1) is 0 Å². The zero-order valence-electron chi connectivity index (χ0n) is 23.7. The number of rotatable bonds is 11. The van der Waals surface area contributed by atoms with Crippen LogP contribution in [-0.2, 0) is 38.3 Å². The Balaban J connectivity index is 1.31. The second kappa shape index (κ2) is 14.2. The van der Waals surface area contributed by atoms with Gasteiger partial charge >= 0.3 is 12.1 Å². The van der Waals surface area contributed by atoms with E-state index in [9.17, 15) is 27.6 Å². The maximum Gasteiger partial charge on any atom is 0.416 e. The number of carbonyl (C=O) groups excluding carboxylic acids is 3. The number of carbonyl (C=O) groups is 3. The summed E-state index contributed by atoms with van der Waals surface area (Å²) in [7, 11) is 0. The average molecular weight is 598 g/mol. The third-order valence-corrected chi connectivity index (χ3v) is 7.14. The van der Waals surface area contributed by atoms with Crippen LogP contribution in [0.5, 0.6) is 5.75 Å². The molecule has 1 unspecified atom stereocenters. The number of nitrogens with zero attached hydrogens (tertiary/aromatic N) is 1. The van der Waals surface area contributed by atoms with Crippen molar-refractivity contribution in [2.45, 2.75) is 57.1 Å². The van der Waals surface area contributed by atoms with E-state index in [-0.39, 0.29) is 25.5 Å². The lowest BCUT2D eigenvalue weighted by Crippen LogP contribution is -2.51. The number of benzene rings is 3. The minimum absolute atomic E-state index is 0.0531. The third-order valence-electron chi connectivity index (χ3n) is 7.14. The Labute approximate surface area is 248 Å². The fourth-order valence-electron chi connectivity index (χ4n) is 4.91. The third kappa shape index (κ3) is 8.35. The molecule has 0 saturated carbocycles. The molecule has 11 heteroatoms. The van der Waals surface area contributed by atoms with E-state index in [4.69, 9.17) is 15.2 Å². The summed E-state index contributed by atoms with van der Waals surface area (Å²) in [4.78, 5) is 40.0. The van der Waals surface area contributed by atoms with Crippen molar-refractivity contribution in [3.63, 3.8) is 0 Å². The lowest BCUT2D eigenvalue weighted by atomic mass is 10.0. The van der Waals surface area contributed by atoms with E-state index in [0.29, 0.717) is 36.3 Å². The average Bonchev–Trinajstić information content (AvgIpc) is 3.49. The SMILES string of the molecule is CCOC(=O)C(Oc1ccc(CNC(=O)[C@@H]2CCCN2C(=O)[C@@H](N)Cc2ccc(C(F)(F)F)cc2)cc1)c1ccccc1. The van der Waals surface area contributed by atoms with Crippen molar-refractivity contribution >= 4 is 17.8 Å². The van der Waals surface area contributed by atoms with Gasteiger partial charge in [-0.1, -0.05) is 54.6 Å². The van der Waals surface area contributed by atoms with Gasteiger partial charge in [0.1, 0.15) is 11.8 Å². The summed E-state index contributed by atoms with van der Waals surface area (Å²) in [5, 5.41) is 2.86. The Hall–Kier alpha value is -4.38. The van der Waals surface area contributed by atoms with E-state index in [1.807, 2.05) is 18.2 Å². The zero-order valence-corrected chi connectivity index (χ0v) is 23.7. The van der Waals surface area contributed by atoms with Crippen molar-refractivity contribution < 1.29 is 37.0 Å². The maximum absolute atomic E-state index is 13.1. The largest absolute Gasteiger partial charge is 0.474 e. The van der Waals surface area contributed by atoms with E-state index in [2.05, 4.69) is 5.32 Å². The highest BCUT2D eigenvalue weighted by molar-refractivity contribution is 5.90. The first-order valence-corrected chi connectivity index (χ1v) is 14.0. The topological polar surface area (TPSA) is 111 Å². The van der Waals surface area contributed by atoms with E-state index < -0.39 is 41.8 Å². The van der Waals surface area contributed by atoms with Gasteiger partial charge in [-0.2, -0.15) is 13.2 Å². The first-order chi connectivity index (χ1) is 20.6. The van der Waals surface area contributed by atoms with Gasteiger partial charge in [-0.05, 0) is 61.6 Å². The molecule has 3 aromatic carbocycles. The smallest absolute Gasteiger partial charge is 0.416 e. The van der Waals surface area contributed by atoms with Gasteiger partial charge in [0.05, 0.1) is 18.2 Å². The molecule has 0 radical (unpaired) electrons. The molecule has 3 N–H and O–H groups in total. The van der Waals surface area contributed by atoms with Crippen molar-refractivity contribution in [1.82, 2.24) is 10.2 Å². The van der Waals surface area contributed by atoms with Crippen molar-refractivity contribution in [1.29, 1.82) is 0 Å². The monoisotopic (exact) mass is 597 g/mol. The van der Waals surface area contributed by atoms with E-state index in [1.54, 1.807) is 43.3 Å². The minimum Gasteiger partial charge on any atom is -0.474 e. The second-order valence-electron chi connectivity index (χ2n) is 10.2. The molecule has 8 nitrogen and oxygen atoms in total. The summed E-state index contributed by atoms with van der Waals surface area (Å²) in [6.45, 7) is 2.52. The highest BCUT2D eigenvalue weighted by Crippen LogP contribution is 2.29. The molecule has 0 aromatic heterocycles. The van der Waals surface area contributed by atoms with Crippen molar-refractivity contribution in [3.8, 4) is 5.75 Å². The van der Waals surface area contributed by atoms with Gasteiger partial charge in [0, 0.05) is 18.7 Å². The minimum atomic E-state index is -4.45. The number of halogens is 3. The number of esters is 1. The molecule has 1 aliphatic rings. The summed E-state index contributed by atoms with van der Waals surface area (Å²) in [6.07, 6.45) is -4.21. The van der Waals surface area contributed by atoms with Crippen molar-refractivity contribution in [2.24, 2.45) is 5.73 Å². The Morgan fingerprint density at radius 2 is 1.63 bits per heavy atom. The van der Waals surface area contributed by atoms with Crippen LogP contribution in [0.15, 0.2) is 78.9 Å². The number of likely N-dealkylation sites (tertiary alicyclic amines) is 1. The Kier molecular flexibility index (Phi) is 10.4. The number of hydrogen-bond acceptors (Lipinski definition) is 6. The van der Waals surface area contributed by atoms with Crippen LogP contribution in [0.4, 0.5) is 13.2 Å². The van der Waals surface area contributed by atoms with Gasteiger partial charge in [0.25, 0.3) is 0 Å². The molecule has 0 aliphatic carbocycles. The molecule has 1 aliphatic heterocycles. The summed E-state index contributed by atoms with van der Waals surface area (Å²) in [5.41, 5.74) is 7.28. The Morgan fingerprint density at radius 3 is 2.26 bits per heavy atom. The van der Waals surface area contributed by atoms with Crippen LogP contribution < -0.4 is 15.8 Å². The maximum atomic E-state index is 13.1. The van der Waals surface area contributed by atoms with Crippen molar-refractivity contribution in [3.05, 3.63) is 101 Å². The number of amides is 2. The molecule has 1 heterocycles. The van der Waals surface area contributed by atoms with Crippen LogP contribution in [-0.4, -0.2) is 47.9 Å². The van der Waals surface area contributed by atoms with Crippen LogP contribution in [0.25, 0.3) is 0 Å². The lowest BCUT2D eigenvalue weighted by molar-refractivity contribution is -0.151. The molecule has 0 spiro atoms. The number of nitrogens with one attached hydrogen (secondary N) is 1. The normalized spacial score (nSPS) is 16.3. The van der Waals surface area contributed by atoms with Crippen LogP contribution in [0.2, 0.25) is 0 Å². The van der Waals surface area contributed by atoms with Crippen molar-refractivity contribution in [2.75, 3.05) is 13.2 Å². The fourth-order valence-corrected chi connectivity index (χ4v) is 4.91. The first-order valence-electron chi connectivity index (χ1n) is 14.0. The lowest BCUT2D eigenvalue weighted by Gasteiger charge is -2.27. The molecule has 2 amide bonds. The molecule has 43 heavy (non-hydrogen) atoms. The standard InChI is InChI=1S/C32H34F3N3O5/c1-2-42-31(41)28(23-7-4-3-5-8-23)43-25-16-12-22(13-17-25)20-37-29(39)27-9-6-18-38(27)30(40)26(36)19-21-10-14-24(15-11-21)32(33,34)35/h3-5,7-8,10-17,26-28H,2,6,9,18-20,36H2,1H3,(H,37,39)/t26-,27-,28?/m0/s1. The summed E-state index contributed by atoms with van der Waals surface area (Å²) >= 11 is 0. The highest BCUT2D eigenvalue weighted by Gasteiger charge is 2.36. The molecular weight excluding hydrogens is 563 g/mol. The number of alkyl halides is 3. The predicted molar refractivity (Wildman–Crippen MR) is 153 cm³/mol. The Morgan fingerprint density at radius 1 is 0.977 bits per heavy atom. The quantitative estimate of drug-likeness (QED) is 0.314.